The van der Waals surface area contributed by atoms with Gasteiger partial charge in [-0.25, -0.2) is 0 Å². The van der Waals surface area contributed by atoms with Crippen LogP contribution in [0.25, 0.3) is 0 Å². The Labute approximate surface area is 57.7 Å². The Bertz CT molecular complexity index is 154. The van der Waals surface area contributed by atoms with Crippen LogP contribution in [-0.2, 0) is 0 Å². The third-order valence-electron chi connectivity index (χ3n) is 0.798. The van der Waals surface area contributed by atoms with E-state index in [1.807, 2.05) is 0 Å². The van der Waals surface area contributed by atoms with Crippen LogP contribution < -0.4 is 10.9 Å². The smallest absolute Gasteiger partial charge is 0.423 e. The summed E-state index contributed by atoms with van der Waals surface area (Å²) in [6.07, 6.45) is 0. The summed E-state index contributed by atoms with van der Waals surface area (Å²) in [7, 11) is -1.30. The Morgan fingerprint density at radius 1 is 1.44 bits per heavy atom. The molecular formula is C4H8BNO2S. The molecule has 1 aromatic rings. The molecule has 0 aliphatic heterocycles. The van der Waals surface area contributed by atoms with Gasteiger partial charge in [0.25, 0.3) is 0 Å². The summed E-state index contributed by atoms with van der Waals surface area (Å²) in [5.41, 5.74) is 0. The largest absolute Gasteiger partial charge is 0.499 e. The van der Waals surface area contributed by atoms with Crippen molar-refractivity contribution in [3.05, 3.63) is 17.5 Å². The Hall–Kier alpha value is -0.355. The second kappa shape index (κ2) is 3.63. The summed E-state index contributed by atoms with van der Waals surface area (Å²) >= 11 is 1.33. The van der Waals surface area contributed by atoms with E-state index in [4.69, 9.17) is 10.0 Å². The first-order valence-electron chi connectivity index (χ1n) is 2.20. The molecule has 0 unspecified atom stereocenters. The van der Waals surface area contributed by atoms with Gasteiger partial charge in [-0.2, -0.15) is 11.3 Å². The summed E-state index contributed by atoms with van der Waals surface area (Å²) in [4.78, 5) is 0. The van der Waals surface area contributed by atoms with Gasteiger partial charge in [-0.1, -0.05) is 12.1 Å². The minimum atomic E-state index is -1.30. The van der Waals surface area contributed by atoms with Gasteiger partial charge >= 0.3 is 7.12 Å². The molecule has 0 atom stereocenters. The molecule has 9 heavy (non-hydrogen) atoms. The summed E-state index contributed by atoms with van der Waals surface area (Å²) in [5, 5.41) is 18.8. The van der Waals surface area contributed by atoms with Crippen LogP contribution in [0.3, 0.4) is 0 Å². The lowest BCUT2D eigenvalue weighted by Gasteiger charge is -1.87. The van der Waals surface area contributed by atoms with Gasteiger partial charge in [0.15, 0.2) is 0 Å². The highest BCUT2D eigenvalue weighted by molar-refractivity contribution is 7.20. The predicted octanol–water partition coefficient (Wildman–Crippen LogP) is -0.410. The third-order valence-corrected chi connectivity index (χ3v) is 1.71. The maximum atomic E-state index is 8.48. The van der Waals surface area contributed by atoms with E-state index in [1.165, 1.54) is 11.3 Å². The number of hydrogen-bond acceptors (Lipinski definition) is 4. The van der Waals surface area contributed by atoms with Gasteiger partial charge in [0.2, 0.25) is 0 Å². The van der Waals surface area contributed by atoms with Crippen LogP contribution in [0.5, 0.6) is 0 Å². The highest BCUT2D eigenvalue weighted by Gasteiger charge is 2.09. The Balaban J connectivity index is 0.000000640. The monoisotopic (exact) mass is 145 g/mol. The highest BCUT2D eigenvalue weighted by atomic mass is 32.1. The zero-order chi connectivity index (χ0) is 5.98. The molecule has 0 amide bonds. The van der Waals surface area contributed by atoms with Gasteiger partial charge in [0.1, 0.15) is 0 Å². The number of rotatable bonds is 1. The minimum absolute atomic E-state index is 0. The molecule has 0 aliphatic rings. The van der Waals surface area contributed by atoms with Crippen LogP contribution in [0.4, 0.5) is 0 Å². The van der Waals surface area contributed by atoms with Gasteiger partial charge in [-0.15, -0.1) is 0 Å². The zero-order valence-corrected chi connectivity index (χ0v) is 5.64. The van der Waals surface area contributed by atoms with Crippen molar-refractivity contribution in [1.29, 1.82) is 0 Å². The number of thiophene rings is 1. The van der Waals surface area contributed by atoms with Crippen molar-refractivity contribution in [2.45, 2.75) is 0 Å². The van der Waals surface area contributed by atoms with Crippen molar-refractivity contribution in [3.8, 4) is 0 Å². The fourth-order valence-corrected chi connectivity index (χ4v) is 1.03. The molecule has 0 spiro atoms. The molecule has 5 N–H and O–H groups in total. The van der Waals surface area contributed by atoms with E-state index in [9.17, 15) is 0 Å². The van der Waals surface area contributed by atoms with Crippen LogP contribution in [0.1, 0.15) is 0 Å². The van der Waals surface area contributed by atoms with Gasteiger partial charge < -0.3 is 16.2 Å². The normalized spacial score (nSPS) is 8.22. The molecule has 0 aliphatic carbocycles. The molecule has 1 rings (SSSR count). The molecule has 0 aromatic carbocycles. The SMILES string of the molecule is N.OB(O)c1cccs1. The lowest BCUT2D eigenvalue weighted by molar-refractivity contribution is 0.427. The quantitative estimate of drug-likeness (QED) is 0.470. The van der Waals surface area contributed by atoms with E-state index in [-0.39, 0.29) is 6.15 Å². The summed E-state index contributed by atoms with van der Waals surface area (Å²) < 4.78 is 0.588. The van der Waals surface area contributed by atoms with Crippen LogP contribution in [0.2, 0.25) is 0 Å². The lowest BCUT2D eigenvalue weighted by Crippen LogP contribution is -2.26. The van der Waals surface area contributed by atoms with E-state index < -0.39 is 7.12 Å². The topological polar surface area (TPSA) is 75.5 Å². The summed E-state index contributed by atoms with van der Waals surface area (Å²) in [5.74, 6) is 0. The van der Waals surface area contributed by atoms with Crippen molar-refractivity contribution < 1.29 is 10.0 Å². The molecular weight excluding hydrogens is 137 g/mol. The summed E-state index contributed by atoms with van der Waals surface area (Å²) in [6.45, 7) is 0. The van der Waals surface area contributed by atoms with Gasteiger partial charge in [0, 0.05) is 4.78 Å². The fraction of sp³-hybridized carbons (Fsp3) is 0. The van der Waals surface area contributed by atoms with E-state index >= 15 is 0 Å². The van der Waals surface area contributed by atoms with E-state index in [2.05, 4.69) is 0 Å². The lowest BCUT2D eigenvalue weighted by atomic mass is 9.90. The van der Waals surface area contributed by atoms with Crippen LogP contribution in [-0.4, -0.2) is 17.2 Å². The van der Waals surface area contributed by atoms with Crippen molar-refractivity contribution in [2.24, 2.45) is 0 Å². The Kier molecular flexibility index (Phi) is 3.49. The van der Waals surface area contributed by atoms with Crippen LogP contribution >= 0.6 is 11.3 Å². The van der Waals surface area contributed by atoms with E-state index in [0.717, 1.165) is 0 Å². The average Bonchev–Trinajstić information content (AvgIpc) is 2.12. The fourth-order valence-electron chi connectivity index (χ4n) is 0.438. The standard InChI is InChI=1S/C4H5BO2S.H3N/c6-5(7)4-2-1-3-8-4;/h1-3,6-7H;1H3. The molecule has 0 bridgehead atoms. The summed E-state index contributed by atoms with van der Waals surface area (Å²) in [6, 6.07) is 3.45. The first-order valence-corrected chi connectivity index (χ1v) is 3.08. The average molecular weight is 145 g/mol. The molecule has 0 saturated carbocycles. The van der Waals surface area contributed by atoms with Crippen LogP contribution in [0.15, 0.2) is 17.5 Å². The van der Waals surface area contributed by atoms with Gasteiger partial charge in [0.05, 0.1) is 0 Å². The van der Waals surface area contributed by atoms with Crippen molar-refractivity contribution in [2.75, 3.05) is 0 Å². The Morgan fingerprint density at radius 3 is 2.33 bits per heavy atom. The second-order valence-corrected chi connectivity index (χ2v) is 2.37. The van der Waals surface area contributed by atoms with Crippen molar-refractivity contribution >= 4 is 23.2 Å². The molecule has 0 fully saturated rings. The van der Waals surface area contributed by atoms with E-state index in [0.29, 0.717) is 4.78 Å². The van der Waals surface area contributed by atoms with Gasteiger partial charge in [-0.05, 0) is 5.38 Å². The maximum absolute atomic E-state index is 8.48. The second-order valence-electron chi connectivity index (χ2n) is 1.39. The molecule has 1 aromatic heterocycles. The first kappa shape index (κ1) is 8.64. The maximum Gasteiger partial charge on any atom is 0.499 e. The predicted molar refractivity (Wildman–Crippen MR) is 39.2 cm³/mol. The van der Waals surface area contributed by atoms with Crippen molar-refractivity contribution in [3.63, 3.8) is 0 Å². The molecule has 50 valence electrons. The molecule has 1 heterocycles. The molecule has 5 heteroatoms. The highest BCUT2D eigenvalue weighted by Crippen LogP contribution is 1.92. The Morgan fingerprint density at radius 2 is 2.11 bits per heavy atom. The minimum Gasteiger partial charge on any atom is -0.423 e. The van der Waals surface area contributed by atoms with Gasteiger partial charge in [-0.3, -0.25) is 0 Å². The molecule has 0 radical (unpaired) electrons. The third kappa shape index (κ3) is 2.15. The zero-order valence-electron chi connectivity index (χ0n) is 4.82. The van der Waals surface area contributed by atoms with E-state index in [1.54, 1.807) is 17.5 Å². The number of hydrogen-bond donors (Lipinski definition) is 3. The molecule has 3 nitrogen and oxygen atoms in total. The molecule has 0 saturated heterocycles. The van der Waals surface area contributed by atoms with Crippen molar-refractivity contribution in [1.82, 2.24) is 6.15 Å². The first-order chi connectivity index (χ1) is 3.80. The van der Waals surface area contributed by atoms with Crippen LogP contribution in [0, 0.1) is 0 Å².